The van der Waals surface area contributed by atoms with Crippen LogP contribution in [0.4, 0.5) is 0 Å². The summed E-state index contributed by atoms with van der Waals surface area (Å²) in [6, 6.07) is 6.14. The number of rotatable bonds is 3. The van der Waals surface area contributed by atoms with Crippen molar-refractivity contribution >= 4 is 34.8 Å². The molecule has 3 N–H and O–H groups in total. The molecule has 3 aliphatic heterocycles. The molecule has 2 bridgehead atoms. The van der Waals surface area contributed by atoms with Crippen LogP contribution in [0.5, 0.6) is 0 Å². The molecule has 6 rings (SSSR count). The Balaban J connectivity index is 1.36. The van der Waals surface area contributed by atoms with Gasteiger partial charge in [0, 0.05) is 42.3 Å². The Kier molecular flexibility index (Phi) is 8.70. The number of benzene rings is 1. The number of likely N-dealkylation sites (N-methyl/N-ethyl adjacent to an activating group) is 1. The third kappa shape index (κ3) is 5.93. The second-order valence-electron chi connectivity index (χ2n) is 11.7. The zero-order chi connectivity index (χ0) is 28.7. The Hall–Kier alpha value is -2.05. The van der Waals surface area contributed by atoms with Crippen LogP contribution in [0.3, 0.4) is 0 Å². The SMILES string of the molecule is C[C@@H]1CCC[C@H](n2cnc(-c3cc(Cl)ccc3-n3cc(Cl)nn3)c(Cl)c2=O)C2CC(CCN2)C2C(CNN2C)NC1. The largest absolute Gasteiger partial charge is 0.312 e. The Morgan fingerprint density at radius 1 is 1.05 bits per heavy atom. The second kappa shape index (κ2) is 12.3. The average molecular weight is 621 g/mol. The summed E-state index contributed by atoms with van der Waals surface area (Å²) in [5.74, 6) is 1.04. The first kappa shape index (κ1) is 29.0. The van der Waals surface area contributed by atoms with E-state index in [0.717, 1.165) is 51.7 Å². The van der Waals surface area contributed by atoms with Gasteiger partial charge in [-0.1, -0.05) is 53.4 Å². The van der Waals surface area contributed by atoms with Crippen molar-refractivity contribution < 1.29 is 0 Å². The minimum Gasteiger partial charge on any atom is -0.312 e. The number of hydrazine groups is 1. The molecule has 3 fully saturated rings. The van der Waals surface area contributed by atoms with Gasteiger partial charge in [0.25, 0.3) is 5.56 Å². The lowest BCUT2D eigenvalue weighted by Gasteiger charge is -2.42. The van der Waals surface area contributed by atoms with E-state index in [2.05, 4.69) is 45.4 Å². The Morgan fingerprint density at radius 2 is 1.90 bits per heavy atom. The van der Waals surface area contributed by atoms with E-state index in [1.54, 1.807) is 35.3 Å². The molecule has 0 amide bonds. The molecule has 0 spiro atoms. The maximum absolute atomic E-state index is 14.0. The lowest BCUT2D eigenvalue weighted by Crippen LogP contribution is -2.54. The first-order valence-electron chi connectivity index (χ1n) is 14.4. The van der Waals surface area contributed by atoms with Gasteiger partial charge in [-0.25, -0.2) is 14.7 Å². The lowest BCUT2D eigenvalue weighted by molar-refractivity contribution is 0.108. The summed E-state index contributed by atoms with van der Waals surface area (Å²) in [5.41, 5.74) is 4.84. The summed E-state index contributed by atoms with van der Waals surface area (Å²) in [6.45, 7) is 5.16. The van der Waals surface area contributed by atoms with E-state index in [4.69, 9.17) is 39.8 Å². The molecule has 220 valence electrons. The van der Waals surface area contributed by atoms with E-state index < -0.39 is 0 Å². The van der Waals surface area contributed by atoms with E-state index in [0.29, 0.717) is 45.9 Å². The zero-order valence-corrected chi connectivity index (χ0v) is 25.5. The number of fused-ring (bicyclic) bond motifs is 4. The third-order valence-electron chi connectivity index (χ3n) is 9.00. The van der Waals surface area contributed by atoms with Gasteiger partial charge in [-0.15, -0.1) is 5.10 Å². The van der Waals surface area contributed by atoms with Crippen LogP contribution in [-0.4, -0.2) is 74.4 Å². The molecule has 6 atom stereocenters. The van der Waals surface area contributed by atoms with Gasteiger partial charge in [-0.2, -0.15) is 0 Å². The number of nitrogens with zero attached hydrogens (tertiary/aromatic N) is 6. The van der Waals surface area contributed by atoms with Crippen molar-refractivity contribution in [1.82, 2.24) is 45.6 Å². The van der Waals surface area contributed by atoms with Crippen LogP contribution in [0.2, 0.25) is 15.2 Å². The predicted octanol–water partition coefficient (Wildman–Crippen LogP) is 3.96. The van der Waals surface area contributed by atoms with E-state index in [1.807, 2.05) is 0 Å². The predicted molar refractivity (Wildman–Crippen MR) is 162 cm³/mol. The van der Waals surface area contributed by atoms with Crippen LogP contribution in [0.25, 0.3) is 16.9 Å². The van der Waals surface area contributed by atoms with Gasteiger partial charge in [0.05, 0.1) is 29.9 Å². The molecule has 2 aromatic heterocycles. The summed E-state index contributed by atoms with van der Waals surface area (Å²) in [7, 11) is 2.15. The molecular weight excluding hydrogens is 585 g/mol. The molecule has 0 saturated carbocycles. The van der Waals surface area contributed by atoms with Gasteiger partial charge in [0.1, 0.15) is 5.02 Å². The zero-order valence-electron chi connectivity index (χ0n) is 23.2. The van der Waals surface area contributed by atoms with Crippen LogP contribution < -0.4 is 21.6 Å². The second-order valence-corrected chi connectivity index (χ2v) is 12.9. The van der Waals surface area contributed by atoms with Gasteiger partial charge in [-0.05, 0) is 68.8 Å². The Labute approximate surface area is 254 Å². The fourth-order valence-corrected chi connectivity index (χ4v) is 7.50. The van der Waals surface area contributed by atoms with Gasteiger partial charge in [-0.3, -0.25) is 14.8 Å². The van der Waals surface area contributed by atoms with Crippen molar-refractivity contribution in [1.29, 1.82) is 0 Å². The molecule has 5 heterocycles. The molecule has 0 radical (unpaired) electrons. The molecule has 10 nitrogen and oxygen atoms in total. The summed E-state index contributed by atoms with van der Waals surface area (Å²) in [5, 5.41) is 18.6. The number of hydrogen-bond acceptors (Lipinski definition) is 8. The van der Waals surface area contributed by atoms with Crippen LogP contribution in [0, 0.1) is 11.8 Å². The van der Waals surface area contributed by atoms with E-state index in [1.165, 1.54) is 4.68 Å². The molecule has 1 aromatic carbocycles. The van der Waals surface area contributed by atoms with Crippen LogP contribution in [0.1, 0.15) is 45.1 Å². The third-order valence-corrected chi connectivity index (χ3v) is 9.74. The van der Waals surface area contributed by atoms with Gasteiger partial charge < -0.3 is 10.6 Å². The quantitative estimate of drug-likeness (QED) is 0.404. The fourth-order valence-electron chi connectivity index (χ4n) is 6.95. The van der Waals surface area contributed by atoms with Crippen molar-refractivity contribution in [2.45, 2.75) is 63.2 Å². The van der Waals surface area contributed by atoms with Crippen LogP contribution in [-0.2, 0) is 0 Å². The van der Waals surface area contributed by atoms with Crippen LogP contribution >= 0.6 is 34.8 Å². The smallest absolute Gasteiger partial charge is 0.273 e. The van der Waals surface area contributed by atoms with Crippen molar-refractivity contribution in [3.8, 4) is 16.9 Å². The maximum atomic E-state index is 14.0. The normalized spacial score (nSPS) is 29.5. The molecule has 3 saturated heterocycles. The maximum Gasteiger partial charge on any atom is 0.273 e. The average Bonchev–Trinajstić information content (AvgIpc) is 3.56. The first-order valence-corrected chi connectivity index (χ1v) is 15.5. The van der Waals surface area contributed by atoms with Crippen molar-refractivity contribution in [2.75, 3.05) is 26.7 Å². The molecule has 0 aliphatic carbocycles. The highest BCUT2D eigenvalue weighted by atomic mass is 35.5. The number of nitrogens with one attached hydrogen (secondary N) is 3. The highest BCUT2D eigenvalue weighted by Crippen LogP contribution is 2.35. The summed E-state index contributed by atoms with van der Waals surface area (Å²) >= 11 is 19.2. The van der Waals surface area contributed by atoms with Crippen molar-refractivity contribution in [3.63, 3.8) is 0 Å². The highest BCUT2D eigenvalue weighted by Gasteiger charge is 2.41. The number of halogens is 3. The number of aromatic nitrogens is 5. The lowest BCUT2D eigenvalue weighted by atomic mass is 9.80. The van der Waals surface area contributed by atoms with Crippen LogP contribution in [0.15, 0.2) is 35.5 Å². The minimum atomic E-state index is -0.257. The number of hydrogen-bond donors (Lipinski definition) is 3. The molecule has 13 heteroatoms. The Bertz CT molecular complexity index is 1450. The number of piperidine rings is 1. The van der Waals surface area contributed by atoms with E-state index >= 15 is 0 Å². The standard InChI is InChI=1S/C28H36Cl3N9O/c1-16-4-3-5-23(20-10-17(8-9-32-20)27-21(33-12-16)13-35-38(27)2)39-15-34-26(25(31)28(39)41)19-11-18(29)6-7-22(19)40-14-24(30)36-37-40/h6-7,11,14-17,20-21,23,27,32-33,35H,3-5,8-10,12-13H2,1-2H3/t16-,17?,20?,21?,23+,27?/m1/s1. The molecular formula is C28H36Cl3N9O. The van der Waals surface area contributed by atoms with Gasteiger partial charge in [0.2, 0.25) is 0 Å². The minimum absolute atomic E-state index is 0.0538. The Morgan fingerprint density at radius 3 is 2.71 bits per heavy atom. The van der Waals surface area contributed by atoms with Gasteiger partial charge >= 0.3 is 0 Å². The molecule has 4 unspecified atom stereocenters. The van der Waals surface area contributed by atoms with E-state index in [9.17, 15) is 4.79 Å². The topological polar surface area (TPSA) is 105 Å². The molecule has 3 aliphatic rings. The fraction of sp³-hybridized carbons (Fsp3) is 0.571. The van der Waals surface area contributed by atoms with E-state index in [-0.39, 0.29) is 27.8 Å². The van der Waals surface area contributed by atoms with Crippen molar-refractivity contribution in [2.24, 2.45) is 11.8 Å². The first-order chi connectivity index (χ1) is 19.8. The summed E-state index contributed by atoms with van der Waals surface area (Å²) < 4.78 is 3.28. The summed E-state index contributed by atoms with van der Waals surface area (Å²) in [6.07, 6.45) is 8.28. The monoisotopic (exact) mass is 619 g/mol. The van der Waals surface area contributed by atoms with Crippen molar-refractivity contribution in [3.05, 3.63) is 56.3 Å². The molecule has 41 heavy (non-hydrogen) atoms. The highest BCUT2D eigenvalue weighted by molar-refractivity contribution is 6.33. The van der Waals surface area contributed by atoms with Gasteiger partial charge in [0.15, 0.2) is 5.15 Å². The summed E-state index contributed by atoms with van der Waals surface area (Å²) in [4.78, 5) is 18.7. The molecule has 3 aromatic rings.